The van der Waals surface area contributed by atoms with Crippen molar-refractivity contribution in [2.75, 3.05) is 6.54 Å². The molecule has 2 aromatic rings. The largest absolute Gasteiger partial charge is 0.328 e. The van der Waals surface area contributed by atoms with Crippen LogP contribution in [0.15, 0.2) is 12.1 Å². The molecule has 2 N–H and O–H groups in total. The molecule has 21 heavy (non-hydrogen) atoms. The average Bonchev–Trinajstić information content (AvgIpc) is 2.86. The topological polar surface area (TPSA) is 43.8 Å². The molecule has 0 amide bonds. The van der Waals surface area contributed by atoms with Crippen molar-refractivity contribution in [3.8, 4) is 0 Å². The molecule has 1 aromatic carbocycles. The summed E-state index contributed by atoms with van der Waals surface area (Å²) < 4.78 is 2.41. The first-order valence-corrected chi connectivity index (χ1v) is 8.31. The highest BCUT2D eigenvalue weighted by Crippen LogP contribution is 2.35. The van der Waals surface area contributed by atoms with E-state index >= 15 is 0 Å². The zero-order valence-electron chi connectivity index (χ0n) is 13.5. The summed E-state index contributed by atoms with van der Waals surface area (Å²) in [6.45, 7) is 7.22. The lowest BCUT2D eigenvalue weighted by Gasteiger charge is -2.24. The van der Waals surface area contributed by atoms with E-state index in [9.17, 15) is 0 Å². The van der Waals surface area contributed by atoms with E-state index in [1.165, 1.54) is 54.6 Å². The molecule has 0 radical (unpaired) electrons. The Morgan fingerprint density at radius 1 is 1.19 bits per heavy atom. The fraction of sp³-hybridized carbons (Fsp3) is 0.611. The van der Waals surface area contributed by atoms with Crippen molar-refractivity contribution in [1.82, 2.24) is 9.55 Å². The molecular formula is C18H27N3. The van der Waals surface area contributed by atoms with Gasteiger partial charge in [0.15, 0.2) is 0 Å². The quantitative estimate of drug-likeness (QED) is 0.917. The van der Waals surface area contributed by atoms with Crippen LogP contribution in [0.25, 0.3) is 11.0 Å². The second-order valence-corrected chi connectivity index (χ2v) is 6.68. The van der Waals surface area contributed by atoms with Crippen LogP contribution in [-0.2, 0) is 0 Å². The number of nitrogens with two attached hydrogens (primary N) is 1. The summed E-state index contributed by atoms with van der Waals surface area (Å²) in [5, 5.41) is 0. The Morgan fingerprint density at radius 3 is 2.52 bits per heavy atom. The summed E-state index contributed by atoms with van der Waals surface area (Å²) >= 11 is 0. The van der Waals surface area contributed by atoms with Crippen LogP contribution in [-0.4, -0.2) is 16.1 Å². The minimum Gasteiger partial charge on any atom is -0.328 e. The summed E-state index contributed by atoms with van der Waals surface area (Å²) in [6, 6.07) is 4.83. The number of imidazole rings is 1. The van der Waals surface area contributed by atoms with Gasteiger partial charge in [-0.3, -0.25) is 0 Å². The van der Waals surface area contributed by atoms with Gasteiger partial charge in [0.05, 0.1) is 11.0 Å². The van der Waals surface area contributed by atoms with Crippen LogP contribution in [0.2, 0.25) is 0 Å². The molecule has 1 fully saturated rings. The number of benzene rings is 1. The molecule has 1 saturated carbocycles. The van der Waals surface area contributed by atoms with Gasteiger partial charge in [0.1, 0.15) is 5.82 Å². The lowest BCUT2D eigenvalue weighted by Crippen LogP contribution is -2.20. The van der Waals surface area contributed by atoms with Crippen LogP contribution in [0.1, 0.15) is 67.9 Å². The fourth-order valence-electron chi connectivity index (χ4n) is 3.59. The third kappa shape index (κ3) is 2.59. The molecule has 3 heteroatoms. The Hall–Kier alpha value is -1.35. The predicted molar refractivity (Wildman–Crippen MR) is 88.8 cm³/mol. The Labute approximate surface area is 127 Å². The van der Waals surface area contributed by atoms with Gasteiger partial charge in [-0.05, 0) is 56.9 Å². The van der Waals surface area contributed by atoms with E-state index in [0.717, 1.165) is 5.52 Å². The highest BCUT2D eigenvalue weighted by molar-refractivity contribution is 5.78. The molecule has 1 aromatic heterocycles. The standard InChI is InChI=1S/C18H27N3/c1-12-9-16-17(10-13(12)2)21(14(3)11-19)18(20-16)15-7-5-4-6-8-15/h9-10,14-15H,4-8,11,19H2,1-3H3. The van der Waals surface area contributed by atoms with E-state index < -0.39 is 0 Å². The van der Waals surface area contributed by atoms with Crippen LogP contribution in [0.3, 0.4) is 0 Å². The number of aromatic nitrogens is 2. The Balaban J connectivity index is 2.17. The zero-order chi connectivity index (χ0) is 15.0. The first-order chi connectivity index (χ1) is 10.1. The van der Waals surface area contributed by atoms with Gasteiger partial charge in [-0.1, -0.05) is 19.3 Å². The maximum Gasteiger partial charge on any atom is 0.113 e. The van der Waals surface area contributed by atoms with Crippen LogP contribution < -0.4 is 5.73 Å². The molecule has 1 heterocycles. The molecule has 1 aliphatic rings. The van der Waals surface area contributed by atoms with Crippen molar-refractivity contribution in [2.24, 2.45) is 5.73 Å². The average molecular weight is 285 g/mol. The number of aryl methyl sites for hydroxylation is 2. The van der Waals surface area contributed by atoms with Crippen molar-refractivity contribution in [3.05, 3.63) is 29.1 Å². The maximum absolute atomic E-state index is 5.97. The maximum atomic E-state index is 5.97. The highest BCUT2D eigenvalue weighted by atomic mass is 15.1. The monoisotopic (exact) mass is 285 g/mol. The van der Waals surface area contributed by atoms with E-state index in [-0.39, 0.29) is 0 Å². The van der Waals surface area contributed by atoms with Gasteiger partial charge in [-0.2, -0.15) is 0 Å². The van der Waals surface area contributed by atoms with E-state index in [4.69, 9.17) is 10.7 Å². The van der Waals surface area contributed by atoms with Gasteiger partial charge in [-0.15, -0.1) is 0 Å². The summed E-state index contributed by atoms with van der Waals surface area (Å²) in [5.74, 6) is 1.88. The van der Waals surface area contributed by atoms with Gasteiger partial charge in [0.25, 0.3) is 0 Å². The Bertz CT molecular complexity index is 635. The van der Waals surface area contributed by atoms with E-state index in [2.05, 4.69) is 37.5 Å². The molecule has 114 valence electrons. The second kappa shape index (κ2) is 5.80. The van der Waals surface area contributed by atoms with Crippen molar-refractivity contribution in [1.29, 1.82) is 0 Å². The smallest absolute Gasteiger partial charge is 0.113 e. The van der Waals surface area contributed by atoms with Crippen molar-refractivity contribution < 1.29 is 0 Å². The van der Waals surface area contributed by atoms with Crippen molar-refractivity contribution >= 4 is 11.0 Å². The molecule has 1 atom stereocenters. The van der Waals surface area contributed by atoms with E-state index in [1.54, 1.807) is 0 Å². The molecule has 0 spiro atoms. The lowest BCUT2D eigenvalue weighted by molar-refractivity contribution is 0.406. The number of fused-ring (bicyclic) bond motifs is 1. The van der Waals surface area contributed by atoms with Crippen LogP contribution in [0, 0.1) is 13.8 Å². The first-order valence-electron chi connectivity index (χ1n) is 8.31. The van der Waals surface area contributed by atoms with Crippen molar-refractivity contribution in [3.63, 3.8) is 0 Å². The van der Waals surface area contributed by atoms with Crippen LogP contribution in [0.5, 0.6) is 0 Å². The molecule has 0 bridgehead atoms. The summed E-state index contributed by atoms with van der Waals surface area (Å²) in [7, 11) is 0. The Morgan fingerprint density at radius 2 is 1.86 bits per heavy atom. The van der Waals surface area contributed by atoms with Crippen LogP contribution >= 0.6 is 0 Å². The predicted octanol–water partition coefficient (Wildman–Crippen LogP) is 4.22. The third-order valence-electron chi connectivity index (χ3n) is 5.08. The molecule has 3 nitrogen and oxygen atoms in total. The van der Waals surface area contributed by atoms with E-state index in [1.807, 2.05) is 0 Å². The fourth-order valence-corrected chi connectivity index (χ4v) is 3.59. The van der Waals surface area contributed by atoms with Gasteiger partial charge in [0.2, 0.25) is 0 Å². The van der Waals surface area contributed by atoms with Gasteiger partial charge >= 0.3 is 0 Å². The molecule has 0 aliphatic heterocycles. The molecule has 1 aliphatic carbocycles. The first kappa shape index (κ1) is 14.6. The lowest BCUT2D eigenvalue weighted by atomic mass is 9.88. The summed E-state index contributed by atoms with van der Waals surface area (Å²) in [6.07, 6.45) is 6.60. The summed E-state index contributed by atoms with van der Waals surface area (Å²) in [5.41, 5.74) is 11.0. The second-order valence-electron chi connectivity index (χ2n) is 6.68. The van der Waals surface area contributed by atoms with Gasteiger partial charge in [0, 0.05) is 18.5 Å². The molecule has 1 unspecified atom stereocenters. The number of hydrogen-bond donors (Lipinski definition) is 1. The van der Waals surface area contributed by atoms with Gasteiger partial charge < -0.3 is 10.3 Å². The highest BCUT2D eigenvalue weighted by Gasteiger charge is 2.24. The number of hydrogen-bond acceptors (Lipinski definition) is 2. The number of rotatable bonds is 3. The summed E-state index contributed by atoms with van der Waals surface area (Å²) in [4.78, 5) is 5.01. The van der Waals surface area contributed by atoms with Crippen molar-refractivity contribution in [2.45, 2.75) is 64.8 Å². The zero-order valence-corrected chi connectivity index (χ0v) is 13.5. The molecule has 0 saturated heterocycles. The minimum absolute atomic E-state index is 0.314. The molecular weight excluding hydrogens is 258 g/mol. The molecule has 3 rings (SSSR count). The Kier molecular flexibility index (Phi) is 4.03. The normalized spacial score (nSPS) is 18.3. The third-order valence-corrected chi connectivity index (χ3v) is 5.08. The number of nitrogens with zero attached hydrogens (tertiary/aromatic N) is 2. The SMILES string of the molecule is Cc1cc2nc(C3CCCCC3)n(C(C)CN)c2cc1C. The minimum atomic E-state index is 0.314. The van der Waals surface area contributed by atoms with Crippen LogP contribution in [0.4, 0.5) is 0 Å². The van der Waals surface area contributed by atoms with Gasteiger partial charge in [-0.25, -0.2) is 4.98 Å². The van der Waals surface area contributed by atoms with E-state index in [0.29, 0.717) is 18.5 Å².